The van der Waals surface area contributed by atoms with Gasteiger partial charge in [-0.05, 0) is 23.7 Å². The number of hydrogen-bond donors (Lipinski definition) is 3. The number of imidazole rings is 1. The van der Waals surface area contributed by atoms with Crippen molar-refractivity contribution in [1.82, 2.24) is 9.97 Å². The number of benzene rings is 1. The van der Waals surface area contributed by atoms with Gasteiger partial charge in [-0.15, -0.1) is 0 Å². The zero-order chi connectivity index (χ0) is 8.72. The summed E-state index contributed by atoms with van der Waals surface area (Å²) < 4.78 is 0. The van der Waals surface area contributed by atoms with E-state index < -0.39 is 0 Å². The first-order chi connectivity index (χ1) is 5.68. The molecule has 0 aliphatic carbocycles. The molecule has 0 fully saturated rings. The molecule has 0 aliphatic heterocycles. The third kappa shape index (κ3) is 0.887. The van der Waals surface area contributed by atoms with Gasteiger partial charge in [0.15, 0.2) is 11.5 Å². The molecular formula is C7H5ClN2O2. The second-order valence-corrected chi connectivity index (χ2v) is 2.72. The van der Waals surface area contributed by atoms with Crippen molar-refractivity contribution in [3.63, 3.8) is 0 Å². The van der Waals surface area contributed by atoms with Crippen LogP contribution in [-0.4, -0.2) is 20.2 Å². The van der Waals surface area contributed by atoms with Crippen LogP contribution in [0.1, 0.15) is 0 Å². The van der Waals surface area contributed by atoms with Crippen LogP contribution in [0.4, 0.5) is 0 Å². The van der Waals surface area contributed by atoms with E-state index in [9.17, 15) is 5.11 Å². The SMILES string of the molecule is Oc1ccc2[nH]c(Cl)nc2c1O. The predicted molar refractivity (Wildman–Crippen MR) is 44.4 cm³/mol. The van der Waals surface area contributed by atoms with Crippen LogP contribution in [0.15, 0.2) is 12.1 Å². The molecule has 0 spiro atoms. The number of phenols is 2. The highest BCUT2D eigenvalue weighted by Crippen LogP contribution is 2.32. The molecule has 0 bridgehead atoms. The summed E-state index contributed by atoms with van der Waals surface area (Å²) in [6, 6.07) is 2.95. The topological polar surface area (TPSA) is 69.1 Å². The zero-order valence-electron chi connectivity index (χ0n) is 5.87. The number of aromatic amines is 1. The highest BCUT2D eigenvalue weighted by molar-refractivity contribution is 6.29. The van der Waals surface area contributed by atoms with E-state index >= 15 is 0 Å². The molecule has 62 valence electrons. The number of H-pyrrole nitrogens is 1. The van der Waals surface area contributed by atoms with Crippen molar-refractivity contribution < 1.29 is 10.2 Å². The van der Waals surface area contributed by atoms with Crippen molar-refractivity contribution in [3.05, 3.63) is 17.4 Å². The van der Waals surface area contributed by atoms with Crippen LogP contribution < -0.4 is 0 Å². The summed E-state index contributed by atoms with van der Waals surface area (Å²) in [5.41, 5.74) is 0.871. The Kier molecular flexibility index (Phi) is 1.38. The normalized spacial score (nSPS) is 10.8. The van der Waals surface area contributed by atoms with Gasteiger partial charge < -0.3 is 15.2 Å². The lowest BCUT2D eigenvalue weighted by Gasteiger charge is -1.95. The fourth-order valence-corrected chi connectivity index (χ4v) is 1.21. The number of fused-ring (bicyclic) bond motifs is 1. The number of nitrogens with zero attached hydrogens (tertiary/aromatic N) is 1. The summed E-state index contributed by atoms with van der Waals surface area (Å²) in [6.45, 7) is 0. The van der Waals surface area contributed by atoms with Crippen LogP contribution in [0.25, 0.3) is 11.0 Å². The van der Waals surface area contributed by atoms with E-state index in [4.69, 9.17) is 16.7 Å². The van der Waals surface area contributed by atoms with Gasteiger partial charge in [0, 0.05) is 0 Å². The average Bonchev–Trinajstić information content (AvgIpc) is 2.39. The van der Waals surface area contributed by atoms with E-state index in [1.165, 1.54) is 6.07 Å². The van der Waals surface area contributed by atoms with E-state index in [2.05, 4.69) is 9.97 Å². The van der Waals surface area contributed by atoms with Gasteiger partial charge in [0.1, 0.15) is 5.52 Å². The minimum absolute atomic E-state index is 0.186. The molecule has 1 aromatic heterocycles. The Morgan fingerprint density at radius 1 is 1.33 bits per heavy atom. The molecule has 0 aliphatic rings. The molecule has 0 unspecified atom stereocenters. The summed E-state index contributed by atoms with van der Waals surface area (Å²) in [5, 5.41) is 18.5. The molecular weight excluding hydrogens is 180 g/mol. The van der Waals surface area contributed by atoms with Crippen LogP contribution in [0.5, 0.6) is 11.5 Å². The fraction of sp³-hybridized carbons (Fsp3) is 0. The van der Waals surface area contributed by atoms with Gasteiger partial charge in [0.2, 0.25) is 5.28 Å². The number of rotatable bonds is 0. The molecule has 3 N–H and O–H groups in total. The summed E-state index contributed by atoms with van der Waals surface area (Å²) >= 11 is 5.55. The average molecular weight is 185 g/mol. The lowest BCUT2D eigenvalue weighted by Crippen LogP contribution is -1.72. The third-order valence-corrected chi connectivity index (χ3v) is 1.76. The number of phenolic OH excluding ortho intramolecular Hbond substituents is 2. The first-order valence-electron chi connectivity index (χ1n) is 3.24. The van der Waals surface area contributed by atoms with Crippen LogP contribution in [0.2, 0.25) is 5.28 Å². The van der Waals surface area contributed by atoms with E-state index in [1.54, 1.807) is 6.07 Å². The minimum atomic E-state index is -0.254. The number of hydrogen-bond acceptors (Lipinski definition) is 3. The van der Waals surface area contributed by atoms with Crippen molar-refractivity contribution in [1.29, 1.82) is 0 Å². The molecule has 4 nitrogen and oxygen atoms in total. The van der Waals surface area contributed by atoms with Gasteiger partial charge in [-0.1, -0.05) is 0 Å². The van der Waals surface area contributed by atoms with Crippen LogP contribution in [0, 0.1) is 0 Å². The molecule has 1 aromatic carbocycles. The quantitative estimate of drug-likeness (QED) is 0.545. The standard InChI is InChI=1S/C7H5ClN2O2/c8-7-9-3-1-2-4(11)6(12)5(3)10-7/h1-2,11-12H,(H,9,10). The lowest BCUT2D eigenvalue weighted by molar-refractivity contribution is 0.407. The number of nitrogens with one attached hydrogen (secondary N) is 1. The van der Waals surface area contributed by atoms with Crippen molar-refractivity contribution in [2.75, 3.05) is 0 Å². The van der Waals surface area contributed by atoms with Crippen LogP contribution >= 0.6 is 11.6 Å². The Balaban J connectivity index is 2.89. The smallest absolute Gasteiger partial charge is 0.201 e. The second-order valence-electron chi connectivity index (χ2n) is 2.36. The molecule has 0 radical (unpaired) electrons. The van der Waals surface area contributed by atoms with Crippen molar-refractivity contribution in [3.8, 4) is 11.5 Å². The summed E-state index contributed by atoms with van der Waals surface area (Å²) in [5.74, 6) is -0.457. The molecule has 0 saturated heterocycles. The minimum Gasteiger partial charge on any atom is -0.504 e. The Morgan fingerprint density at radius 2 is 2.08 bits per heavy atom. The van der Waals surface area contributed by atoms with Gasteiger partial charge in [-0.3, -0.25) is 0 Å². The van der Waals surface area contributed by atoms with Crippen LogP contribution in [0.3, 0.4) is 0 Å². The van der Waals surface area contributed by atoms with Gasteiger partial charge in [-0.2, -0.15) is 0 Å². The van der Waals surface area contributed by atoms with E-state index in [0.29, 0.717) is 5.52 Å². The number of halogens is 1. The fourth-order valence-electron chi connectivity index (χ4n) is 1.02. The maximum Gasteiger partial charge on any atom is 0.201 e. The van der Waals surface area contributed by atoms with Crippen LogP contribution in [-0.2, 0) is 0 Å². The van der Waals surface area contributed by atoms with Gasteiger partial charge in [0.05, 0.1) is 5.52 Å². The molecule has 2 aromatic rings. The Hall–Kier alpha value is -1.42. The highest BCUT2D eigenvalue weighted by atomic mass is 35.5. The molecule has 1 heterocycles. The Labute approximate surface area is 72.4 Å². The largest absolute Gasteiger partial charge is 0.504 e. The van der Waals surface area contributed by atoms with Crippen molar-refractivity contribution >= 4 is 22.6 Å². The summed E-state index contributed by atoms with van der Waals surface area (Å²) in [4.78, 5) is 6.48. The summed E-state index contributed by atoms with van der Waals surface area (Å²) in [7, 11) is 0. The van der Waals surface area contributed by atoms with E-state index in [1.807, 2.05) is 0 Å². The zero-order valence-corrected chi connectivity index (χ0v) is 6.63. The molecule has 12 heavy (non-hydrogen) atoms. The maximum absolute atomic E-state index is 9.28. The lowest BCUT2D eigenvalue weighted by atomic mass is 10.3. The Morgan fingerprint density at radius 3 is 2.83 bits per heavy atom. The molecule has 0 atom stereocenters. The first-order valence-corrected chi connectivity index (χ1v) is 3.62. The summed E-state index contributed by atoms with van der Waals surface area (Å²) in [6.07, 6.45) is 0. The van der Waals surface area contributed by atoms with Gasteiger partial charge in [-0.25, -0.2) is 4.98 Å². The van der Waals surface area contributed by atoms with Crippen molar-refractivity contribution in [2.24, 2.45) is 0 Å². The van der Waals surface area contributed by atoms with Gasteiger partial charge in [0.25, 0.3) is 0 Å². The second kappa shape index (κ2) is 2.28. The van der Waals surface area contributed by atoms with Gasteiger partial charge >= 0.3 is 0 Å². The number of aromatic nitrogens is 2. The van der Waals surface area contributed by atoms with E-state index in [-0.39, 0.29) is 22.3 Å². The highest BCUT2D eigenvalue weighted by Gasteiger charge is 2.08. The van der Waals surface area contributed by atoms with Crippen molar-refractivity contribution in [2.45, 2.75) is 0 Å². The molecule has 0 saturated carbocycles. The number of aromatic hydroxyl groups is 2. The molecule has 0 amide bonds. The predicted octanol–water partition coefficient (Wildman–Crippen LogP) is 1.63. The Bertz CT molecular complexity index is 438. The third-order valence-electron chi connectivity index (χ3n) is 1.58. The molecule has 5 heteroatoms. The van der Waals surface area contributed by atoms with E-state index in [0.717, 1.165) is 0 Å². The molecule has 2 rings (SSSR count). The first kappa shape index (κ1) is 7.24. The monoisotopic (exact) mass is 184 g/mol. The maximum atomic E-state index is 9.28.